The van der Waals surface area contributed by atoms with Crippen LogP contribution in [0.4, 0.5) is 0 Å². The summed E-state index contributed by atoms with van der Waals surface area (Å²) in [6, 6.07) is 0. The molecule has 2 heteroatoms. The zero-order chi connectivity index (χ0) is 15.2. The summed E-state index contributed by atoms with van der Waals surface area (Å²) in [5.74, 6) is 0.0487. The summed E-state index contributed by atoms with van der Waals surface area (Å²) >= 11 is 0. The highest BCUT2D eigenvalue weighted by Gasteiger charge is 2.14. The molecule has 1 saturated heterocycles. The van der Waals surface area contributed by atoms with Gasteiger partial charge in [0, 0.05) is 6.42 Å². The number of carbonyl (C=O) groups excluding carboxylic acids is 1. The molecule has 0 amide bonds. The number of ether oxygens (including phenoxy) is 1. The molecule has 1 rings (SSSR count). The maximum atomic E-state index is 11.9. The van der Waals surface area contributed by atoms with Gasteiger partial charge in [-0.25, -0.2) is 0 Å². The lowest BCUT2D eigenvalue weighted by molar-refractivity contribution is -0.150. The van der Waals surface area contributed by atoms with Crippen molar-refractivity contribution >= 4 is 5.97 Å². The fourth-order valence-corrected chi connectivity index (χ4v) is 3.18. The zero-order valence-corrected chi connectivity index (χ0v) is 14.2. The van der Waals surface area contributed by atoms with Gasteiger partial charge < -0.3 is 4.74 Å². The number of rotatable bonds is 5. The van der Waals surface area contributed by atoms with Crippen LogP contribution in [-0.4, -0.2) is 12.1 Å². The summed E-state index contributed by atoms with van der Waals surface area (Å²) < 4.78 is 5.74. The number of carbonyl (C=O) groups is 1. The topological polar surface area (TPSA) is 26.3 Å². The Kier molecular flexibility index (Phi) is 11.6. The van der Waals surface area contributed by atoms with Gasteiger partial charge in [-0.2, -0.15) is 0 Å². The second-order valence-corrected chi connectivity index (χ2v) is 6.68. The third kappa shape index (κ3) is 10.8. The third-order valence-corrected chi connectivity index (χ3v) is 4.58. The summed E-state index contributed by atoms with van der Waals surface area (Å²) in [5, 5.41) is 0. The Morgan fingerprint density at radius 3 is 2.14 bits per heavy atom. The quantitative estimate of drug-likeness (QED) is 0.447. The molecule has 0 aromatic rings. The third-order valence-electron chi connectivity index (χ3n) is 4.58. The molecule has 21 heavy (non-hydrogen) atoms. The first kappa shape index (κ1) is 18.5. The molecule has 0 saturated carbocycles. The van der Waals surface area contributed by atoms with Crippen molar-refractivity contribution in [3.8, 4) is 0 Å². The van der Waals surface area contributed by atoms with Crippen LogP contribution in [0.15, 0.2) is 0 Å². The van der Waals surface area contributed by atoms with Crippen LogP contribution in [0.2, 0.25) is 0 Å². The standard InChI is InChI=1S/C19H36O2/c1-2-3-4-12-15-18-16-13-10-8-6-5-7-9-11-14-17-19(20)21-18/h18H,2-17H2,1H3. The van der Waals surface area contributed by atoms with Gasteiger partial charge in [-0.15, -0.1) is 0 Å². The van der Waals surface area contributed by atoms with E-state index in [9.17, 15) is 4.79 Å². The molecule has 0 aliphatic carbocycles. The summed E-state index contributed by atoms with van der Waals surface area (Å²) in [4.78, 5) is 11.9. The first-order valence-electron chi connectivity index (χ1n) is 9.52. The van der Waals surface area contributed by atoms with Crippen LogP contribution in [0.25, 0.3) is 0 Å². The van der Waals surface area contributed by atoms with Crippen LogP contribution in [0, 0.1) is 0 Å². The molecule has 124 valence electrons. The Labute approximate surface area is 132 Å². The summed E-state index contributed by atoms with van der Waals surface area (Å²) in [7, 11) is 0. The molecular formula is C19H36O2. The van der Waals surface area contributed by atoms with Crippen molar-refractivity contribution in [1.82, 2.24) is 0 Å². The van der Waals surface area contributed by atoms with Crippen LogP contribution < -0.4 is 0 Å². The first-order chi connectivity index (χ1) is 10.3. The fourth-order valence-electron chi connectivity index (χ4n) is 3.18. The zero-order valence-electron chi connectivity index (χ0n) is 14.2. The Morgan fingerprint density at radius 2 is 1.48 bits per heavy atom. The smallest absolute Gasteiger partial charge is 0.306 e. The normalized spacial score (nSPS) is 23.3. The molecule has 1 aliphatic heterocycles. The van der Waals surface area contributed by atoms with Gasteiger partial charge in [0.2, 0.25) is 0 Å². The summed E-state index contributed by atoms with van der Waals surface area (Å²) in [6.45, 7) is 2.24. The van der Waals surface area contributed by atoms with Crippen molar-refractivity contribution in [3.63, 3.8) is 0 Å². The van der Waals surface area contributed by atoms with E-state index in [1.807, 2.05) is 0 Å². The summed E-state index contributed by atoms with van der Waals surface area (Å²) in [6.07, 6.45) is 19.5. The van der Waals surface area contributed by atoms with Crippen LogP contribution in [-0.2, 0) is 9.53 Å². The van der Waals surface area contributed by atoms with Gasteiger partial charge >= 0.3 is 5.97 Å². The van der Waals surface area contributed by atoms with Crippen molar-refractivity contribution in [2.75, 3.05) is 0 Å². The lowest BCUT2D eigenvalue weighted by Crippen LogP contribution is -2.18. The Bertz CT molecular complexity index is 250. The van der Waals surface area contributed by atoms with Gasteiger partial charge in [0.25, 0.3) is 0 Å². The van der Waals surface area contributed by atoms with E-state index in [1.54, 1.807) is 0 Å². The highest BCUT2D eigenvalue weighted by atomic mass is 16.5. The predicted octanol–water partition coefficient (Wildman–Crippen LogP) is 6.17. The molecule has 0 spiro atoms. The number of hydrogen-bond donors (Lipinski definition) is 0. The minimum Gasteiger partial charge on any atom is -0.462 e. The molecule has 1 atom stereocenters. The summed E-state index contributed by atoms with van der Waals surface area (Å²) in [5.41, 5.74) is 0. The molecular weight excluding hydrogens is 260 g/mol. The molecule has 0 bridgehead atoms. The average molecular weight is 296 g/mol. The molecule has 0 N–H and O–H groups in total. The maximum Gasteiger partial charge on any atom is 0.306 e. The van der Waals surface area contributed by atoms with Crippen molar-refractivity contribution in [2.24, 2.45) is 0 Å². The molecule has 1 aliphatic rings. The van der Waals surface area contributed by atoms with E-state index in [1.165, 1.54) is 77.0 Å². The van der Waals surface area contributed by atoms with E-state index in [2.05, 4.69) is 6.92 Å². The van der Waals surface area contributed by atoms with Crippen molar-refractivity contribution in [2.45, 2.75) is 116 Å². The van der Waals surface area contributed by atoms with E-state index in [-0.39, 0.29) is 12.1 Å². The lowest BCUT2D eigenvalue weighted by atomic mass is 10.0. The van der Waals surface area contributed by atoms with Gasteiger partial charge in [-0.3, -0.25) is 4.79 Å². The Hall–Kier alpha value is -0.530. The second kappa shape index (κ2) is 13.2. The van der Waals surface area contributed by atoms with Gasteiger partial charge in [0.1, 0.15) is 6.10 Å². The monoisotopic (exact) mass is 296 g/mol. The van der Waals surface area contributed by atoms with Gasteiger partial charge in [0.15, 0.2) is 0 Å². The molecule has 0 radical (unpaired) electrons. The highest BCUT2D eigenvalue weighted by molar-refractivity contribution is 5.69. The largest absolute Gasteiger partial charge is 0.462 e. The van der Waals surface area contributed by atoms with E-state index >= 15 is 0 Å². The predicted molar refractivity (Wildman–Crippen MR) is 89.4 cm³/mol. The maximum absolute atomic E-state index is 11.9. The molecule has 1 heterocycles. The minimum atomic E-state index is 0.0487. The molecule has 2 nitrogen and oxygen atoms in total. The first-order valence-corrected chi connectivity index (χ1v) is 9.52. The fraction of sp³-hybridized carbons (Fsp3) is 0.947. The van der Waals surface area contributed by atoms with Crippen molar-refractivity contribution in [1.29, 1.82) is 0 Å². The van der Waals surface area contributed by atoms with Crippen molar-refractivity contribution in [3.05, 3.63) is 0 Å². The molecule has 1 unspecified atom stereocenters. The lowest BCUT2D eigenvalue weighted by Gasteiger charge is -2.18. The number of cyclic esters (lactones) is 1. The number of unbranched alkanes of at least 4 members (excludes halogenated alkanes) is 3. The molecule has 0 aromatic carbocycles. The van der Waals surface area contributed by atoms with Crippen LogP contribution >= 0.6 is 0 Å². The second-order valence-electron chi connectivity index (χ2n) is 6.68. The average Bonchev–Trinajstić information content (AvgIpc) is 2.48. The van der Waals surface area contributed by atoms with Gasteiger partial charge in [-0.1, -0.05) is 71.1 Å². The van der Waals surface area contributed by atoms with Gasteiger partial charge in [-0.05, 0) is 32.1 Å². The van der Waals surface area contributed by atoms with Crippen LogP contribution in [0.3, 0.4) is 0 Å². The van der Waals surface area contributed by atoms with E-state index in [0.717, 1.165) is 19.3 Å². The Balaban J connectivity index is 2.31. The van der Waals surface area contributed by atoms with Gasteiger partial charge in [0.05, 0.1) is 0 Å². The van der Waals surface area contributed by atoms with E-state index < -0.39 is 0 Å². The number of hydrogen-bond acceptors (Lipinski definition) is 2. The number of esters is 1. The molecule has 0 aromatic heterocycles. The molecule has 1 fully saturated rings. The Morgan fingerprint density at radius 1 is 0.857 bits per heavy atom. The van der Waals surface area contributed by atoms with Crippen LogP contribution in [0.5, 0.6) is 0 Å². The SMILES string of the molecule is CCCCCCC1CCCCCCCCCCCC(=O)O1. The highest BCUT2D eigenvalue weighted by Crippen LogP contribution is 2.18. The van der Waals surface area contributed by atoms with Crippen LogP contribution in [0.1, 0.15) is 110 Å². The van der Waals surface area contributed by atoms with Crippen molar-refractivity contribution < 1.29 is 9.53 Å². The van der Waals surface area contributed by atoms with E-state index in [4.69, 9.17) is 4.74 Å². The van der Waals surface area contributed by atoms with E-state index in [0.29, 0.717) is 6.42 Å². The minimum absolute atomic E-state index is 0.0487.